The summed E-state index contributed by atoms with van der Waals surface area (Å²) in [6.45, 7) is 0. The molecule has 5 nitrogen and oxygen atoms in total. The lowest BCUT2D eigenvalue weighted by molar-refractivity contribution is -0.136. The van der Waals surface area contributed by atoms with Gasteiger partial charge in [0.2, 0.25) is 0 Å². The lowest BCUT2D eigenvalue weighted by Gasteiger charge is -2.03. The van der Waals surface area contributed by atoms with E-state index in [0.717, 1.165) is 0 Å². The highest BCUT2D eigenvalue weighted by Crippen LogP contribution is 2.13. The van der Waals surface area contributed by atoms with Gasteiger partial charge in [0, 0.05) is 10.7 Å². The minimum absolute atomic E-state index is 0.421. The van der Waals surface area contributed by atoms with E-state index in [4.69, 9.17) is 11.6 Å². The van der Waals surface area contributed by atoms with Crippen LogP contribution in [0, 0.1) is 5.82 Å². The Bertz CT molecular complexity index is 717. The van der Waals surface area contributed by atoms with Gasteiger partial charge in [-0.1, -0.05) is 23.7 Å². The third-order valence-corrected chi connectivity index (χ3v) is 2.79. The third kappa shape index (κ3) is 4.68. The molecule has 2 rings (SSSR count). The summed E-state index contributed by atoms with van der Waals surface area (Å²) in [4.78, 5) is 23.1. The van der Waals surface area contributed by atoms with Crippen LogP contribution in [0.4, 0.5) is 10.1 Å². The Hall–Kier alpha value is -2.73. The van der Waals surface area contributed by atoms with E-state index >= 15 is 0 Å². The van der Waals surface area contributed by atoms with E-state index in [-0.39, 0.29) is 0 Å². The van der Waals surface area contributed by atoms with Crippen LogP contribution >= 0.6 is 11.6 Å². The molecule has 0 radical (unpaired) electrons. The average Bonchev–Trinajstić information content (AvgIpc) is 2.49. The van der Waals surface area contributed by atoms with Gasteiger partial charge in [-0.25, -0.2) is 9.82 Å². The molecule has 2 aromatic carbocycles. The van der Waals surface area contributed by atoms with E-state index in [1.54, 1.807) is 30.3 Å². The fourth-order valence-electron chi connectivity index (χ4n) is 1.52. The molecule has 0 aromatic heterocycles. The maximum absolute atomic E-state index is 12.9. The summed E-state index contributed by atoms with van der Waals surface area (Å²) >= 11 is 5.71. The molecule has 112 valence electrons. The number of carbonyl (C=O) groups excluding carboxylic acids is 2. The monoisotopic (exact) mass is 319 g/mol. The van der Waals surface area contributed by atoms with E-state index < -0.39 is 17.6 Å². The van der Waals surface area contributed by atoms with Crippen LogP contribution in [0.2, 0.25) is 5.02 Å². The fourth-order valence-corrected chi connectivity index (χ4v) is 1.65. The number of carbonyl (C=O) groups is 2. The smallest absolute Gasteiger partial charge is 0.318 e. The first-order chi connectivity index (χ1) is 10.5. The van der Waals surface area contributed by atoms with Crippen molar-refractivity contribution in [1.29, 1.82) is 0 Å². The molecule has 0 spiro atoms. The van der Waals surface area contributed by atoms with E-state index in [0.29, 0.717) is 16.3 Å². The van der Waals surface area contributed by atoms with E-state index in [1.807, 2.05) is 0 Å². The zero-order valence-electron chi connectivity index (χ0n) is 11.2. The van der Waals surface area contributed by atoms with Gasteiger partial charge in [-0.15, -0.1) is 0 Å². The van der Waals surface area contributed by atoms with Crippen LogP contribution in [0.1, 0.15) is 5.56 Å². The molecule has 0 saturated heterocycles. The van der Waals surface area contributed by atoms with Crippen molar-refractivity contribution in [2.24, 2.45) is 5.10 Å². The predicted octanol–water partition coefficient (Wildman–Crippen LogP) is 2.57. The van der Waals surface area contributed by atoms with Crippen LogP contribution in [0.3, 0.4) is 0 Å². The molecule has 2 N–H and O–H groups in total. The van der Waals surface area contributed by atoms with Gasteiger partial charge >= 0.3 is 11.8 Å². The molecular formula is C15H11ClFN3O2. The number of nitrogens with zero attached hydrogens (tertiary/aromatic N) is 1. The number of hydrazone groups is 1. The number of anilines is 1. The maximum atomic E-state index is 12.9. The first-order valence-corrected chi connectivity index (χ1v) is 6.58. The minimum atomic E-state index is -0.942. The molecule has 0 fully saturated rings. The van der Waals surface area contributed by atoms with Crippen molar-refractivity contribution in [2.45, 2.75) is 0 Å². The number of nitrogens with one attached hydrogen (secondary N) is 2. The second kappa shape index (κ2) is 7.33. The molecule has 0 bridgehead atoms. The Labute approximate surface area is 130 Å². The molecule has 0 saturated carbocycles. The van der Waals surface area contributed by atoms with E-state index in [1.165, 1.54) is 24.4 Å². The van der Waals surface area contributed by atoms with Gasteiger partial charge in [0.15, 0.2) is 0 Å². The summed E-state index contributed by atoms with van der Waals surface area (Å²) in [6.07, 6.45) is 1.23. The molecular weight excluding hydrogens is 309 g/mol. The van der Waals surface area contributed by atoms with Crippen LogP contribution in [0.5, 0.6) is 0 Å². The Morgan fingerprint density at radius 2 is 1.82 bits per heavy atom. The van der Waals surface area contributed by atoms with E-state index in [9.17, 15) is 14.0 Å². The average molecular weight is 320 g/mol. The molecule has 0 aliphatic carbocycles. The number of amides is 2. The molecule has 7 heteroatoms. The van der Waals surface area contributed by atoms with Crippen LogP contribution in [0.15, 0.2) is 53.6 Å². The van der Waals surface area contributed by atoms with Gasteiger partial charge in [0.05, 0.1) is 6.21 Å². The standard InChI is InChI=1S/C15H11ClFN3O2/c16-11-4-6-13(7-5-11)19-14(21)15(22)20-18-9-10-2-1-3-12(17)8-10/h1-9H,(H,19,21)(H,20,22)/b18-9+. The summed E-state index contributed by atoms with van der Waals surface area (Å²) in [5.41, 5.74) is 2.94. The Balaban J connectivity index is 1.89. The van der Waals surface area contributed by atoms with Crippen molar-refractivity contribution < 1.29 is 14.0 Å². The Morgan fingerprint density at radius 1 is 1.09 bits per heavy atom. The van der Waals surface area contributed by atoms with Crippen LogP contribution < -0.4 is 10.7 Å². The van der Waals surface area contributed by atoms with Crippen molar-refractivity contribution in [1.82, 2.24) is 5.43 Å². The highest BCUT2D eigenvalue weighted by Gasteiger charge is 2.12. The summed E-state index contributed by atoms with van der Waals surface area (Å²) in [6, 6.07) is 11.9. The van der Waals surface area contributed by atoms with Crippen molar-refractivity contribution in [3.8, 4) is 0 Å². The molecule has 0 heterocycles. The van der Waals surface area contributed by atoms with Gasteiger partial charge in [-0.2, -0.15) is 5.10 Å². The fraction of sp³-hybridized carbons (Fsp3) is 0. The summed E-state index contributed by atoms with van der Waals surface area (Å²) < 4.78 is 12.9. The van der Waals surface area contributed by atoms with Gasteiger partial charge in [0.25, 0.3) is 0 Å². The second-order valence-electron chi connectivity index (χ2n) is 4.22. The number of rotatable bonds is 3. The Kier molecular flexibility index (Phi) is 5.21. The van der Waals surface area contributed by atoms with Crippen molar-refractivity contribution in [3.05, 3.63) is 64.9 Å². The van der Waals surface area contributed by atoms with Crippen LogP contribution in [-0.4, -0.2) is 18.0 Å². The maximum Gasteiger partial charge on any atom is 0.329 e. The number of hydrogen-bond acceptors (Lipinski definition) is 3. The molecule has 2 amide bonds. The van der Waals surface area contributed by atoms with Crippen molar-refractivity contribution in [3.63, 3.8) is 0 Å². The zero-order valence-corrected chi connectivity index (χ0v) is 12.0. The number of halogens is 2. The Morgan fingerprint density at radius 3 is 2.50 bits per heavy atom. The lowest BCUT2D eigenvalue weighted by atomic mass is 10.2. The van der Waals surface area contributed by atoms with Gasteiger partial charge in [0.1, 0.15) is 5.82 Å². The third-order valence-electron chi connectivity index (χ3n) is 2.54. The van der Waals surface area contributed by atoms with Crippen molar-refractivity contribution >= 4 is 35.3 Å². The molecule has 0 unspecified atom stereocenters. The first-order valence-electron chi connectivity index (χ1n) is 6.20. The quantitative estimate of drug-likeness (QED) is 0.518. The molecule has 0 aliphatic rings. The second-order valence-corrected chi connectivity index (χ2v) is 4.65. The van der Waals surface area contributed by atoms with Crippen LogP contribution in [-0.2, 0) is 9.59 Å². The summed E-state index contributed by atoms with van der Waals surface area (Å²) in [5.74, 6) is -2.24. The SMILES string of the molecule is O=C(N/N=C/c1cccc(F)c1)C(=O)Nc1ccc(Cl)cc1. The number of hydrogen-bond donors (Lipinski definition) is 2. The highest BCUT2D eigenvalue weighted by atomic mass is 35.5. The topological polar surface area (TPSA) is 70.6 Å². The van der Waals surface area contributed by atoms with Crippen LogP contribution in [0.25, 0.3) is 0 Å². The summed E-state index contributed by atoms with van der Waals surface area (Å²) in [5, 5.41) is 6.49. The zero-order chi connectivity index (χ0) is 15.9. The molecule has 22 heavy (non-hydrogen) atoms. The van der Waals surface area contributed by atoms with Gasteiger partial charge in [-0.3, -0.25) is 9.59 Å². The molecule has 0 aliphatic heterocycles. The number of benzene rings is 2. The van der Waals surface area contributed by atoms with Crippen molar-refractivity contribution in [2.75, 3.05) is 5.32 Å². The highest BCUT2D eigenvalue weighted by molar-refractivity contribution is 6.39. The van der Waals surface area contributed by atoms with Gasteiger partial charge < -0.3 is 5.32 Å². The molecule has 0 atom stereocenters. The van der Waals surface area contributed by atoms with Gasteiger partial charge in [-0.05, 0) is 42.0 Å². The first kappa shape index (κ1) is 15.7. The minimum Gasteiger partial charge on any atom is -0.318 e. The summed E-state index contributed by atoms with van der Waals surface area (Å²) in [7, 11) is 0. The largest absolute Gasteiger partial charge is 0.329 e. The normalized spacial score (nSPS) is 10.5. The lowest BCUT2D eigenvalue weighted by Crippen LogP contribution is -2.32. The van der Waals surface area contributed by atoms with E-state index in [2.05, 4.69) is 15.8 Å². The predicted molar refractivity (Wildman–Crippen MR) is 82.2 cm³/mol. The molecule has 2 aromatic rings.